The molecule has 0 amide bonds. The number of nitrogens with zero attached hydrogens (tertiary/aromatic N) is 4. The second-order valence-corrected chi connectivity index (χ2v) is 37.6. The van der Waals surface area contributed by atoms with Crippen LogP contribution in [0.5, 0.6) is 0 Å². The van der Waals surface area contributed by atoms with Crippen LogP contribution in [0, 0.1) is 0 Å². The van der Waals surface area contributed by atoms with Gasteiger partial charge in [-0.3, -0.25) is 0 Å². The van der Waals surface area contributed by atoms with Gasteiger partial charge in [-0.1, -0.05) is 338 Å². The van der Waals surface area contributed by atoms with Crippen LogP contribution < -0.4 is 26.2 Å². The Morgan fingerprint density at radius 1 is 0.218 bits per heavy atom. The Labute approximate surface area is 697 Å². The number of rotatable bonds is 9. The number of fused-ring (bicyclic) bond motifs is 12. The highest BCUT2D eigenvalue weighted by molar-refractivity contribution is 7.00. The predicted octanol–water partition coefficient (Wildman–Crippen LogP) is 29.5. The highest BCUT2D eigenvalue weighted by atomic mass is 15.2. The van der Waals surface area contributed by atoms with E-state index in [1.54, 1.807) is 0 Å². The maximum Gasteiger partial charge on any atom is 0.252 e. The molecule has 0 unspecified atom stereocenters. The van der Waals surface area contributed by atoms with Crippen molar-refractivity contribution in [2.45, 2.75) is 105 Å². The molecule has 119 heavy (non-hydrogen) atoms. The molecule has 2 aliphatic rings. The van der Waals surface area contributed by atoms with E-state index >= 15 is 0 Å². The van der Waals surface area contributed by atoms with E-state index in [2.05, 4.69) is 448 Å². The van der Waals surface area contributed by atoms with Gasteiger partial charge in [0.2, 0.25) is 0 Å². The van der Waals surface area contributed by atoms with Gasteiger partial charge in [-0.2, -0.15) is 0 Å². The summed E-state index contributed by atoms with van der Waals surface area (Å²) in [6.45, 7) is 28.0. The summed E-state index contributed by atoms with van der Waals surface area (Å²) in [5.74, 6) is 0. The molecule has 0 atom stereocenters. The number of benzene rings is 18. The molecule has 2 aliphatic heterocycles. The third-order valence-electron chi connectivity index (χ3n) is 26.2. The Hall–Kier alpha value is -13.5. The number of aromatic nitrogens is 2. The molecule has 4 heterocycles. The second kappa shape index (κ2) is 26.5. The summed E-state index contributed by atoms with van der Waals surface area (Å²) in [5.41, 5.74) is 33.1. The lowest BCUT2D eigenvalue weighted by molar-refractivity contribution is 0.590. The quantitative estimate of drug-likeness (QED) is 0.0813. The van der Waals surface area contributed by atoms with Crippen molar-refractivity contribution in [3.8, 4) is 67.0 Å². The van der Waals surface area contributed by atoms with Crippen molar-refractivity contribution in [1.29, 1.82) is 0 Å². The van der Waals surface area contributed by atoms with Crippen molar-refractivity contribution in [2.24, 2.45) is 0 Å². The van der Waals surface area contributed by atoms with Crippen LogP contribution in [-0.2, 0) is 21.7 Å². The average Bonchev–Trinajstić information content (AvgIpc) is 1.09. The molecule has 0 fully saturated rings. The first-order chi connectivity index (χ1) is 57.6. The van der Waals surface area contributed by atoms with Gasteiger partial charge in [-0.05, 0) is 228 Å². The van der Waals surface area contributed by atoms with Crippen LogP contribution in [-0.4, -0.2) is 15.8 Å². The van der Waals surface area contributed by atoms with Crippen molar-refractivity contribution in [3.05, 3.63) is 368 Å². The van der Waals surface area contributed by atoms with Gasteiger partial charge in [0.25, 0.3) is 6.71 Å². The van der Waals surface area contributed by atoms with Crippen molar-refractivity contribution in [3.63, 3.8) is 0 Å². The van der Waals surface area contributed by atoms with Crippen LogP contribution in [0.2, 0.25) is 0 Å². The number of anilines is 6. The molecule has 0 saturated heterocycles. The molecule has 572 valence electrons. The smallest absolute Gasteiger partial charge is 0.252 e. The zero-order valence-corrected chi connectivity index (χ0v) is 69.8. The minimum atomic E-state index is -0.319. The molecule has 0 aliphatic carbocycles. The van der Waals surface area contributed by atoms with Crippen molar-refractivity contribution in [1.82, 2.24) is 9.13 Å². The molecule has 20 aromatic rings. The Morgan fingerprint density at radius 2 is 0.588 bits per heavy atom. The van der Waals surface area contributed by atoms with E-state index in [9.17, 15) is 0 Å². The summed E-state index contributed by atoms with van der Waals surface area (Å²) >= 11 is 0. The van der Waals surface area contributed by atoms with E-state index in [0.717, 1.165) is 107 Å². The fraction of sp³-hybridized carbons (Fsp3) is 0.140. The minimum absolute atomic E-state index is 0.0819. The summed E-state index contributed by atoms with van der Waals surface area (Å²) in [7, 11) is 0. The van der Waals surface area contributed by atoms with E-state index < -0.39 is 0 Å². The maximum atomic E-state index is 2.77. The normalized spacial score (nSPS) is 13.2. The molecule has 4 nitrogen and oxygen atoms in total. The lowest BCUT2D eigenvalue weighted by Gasteiger charge is -2.46. The number of hydrogen-bond donors (Lipinski definition) is 0. The van der Waals surface area contributed by atoms with Gasteiger partial charge in [-0.25, -0.2) is 0 Å². The standard InChI is InChI=1S/C114H93BN4/c1-111(2,3)77-52-58-99-93(61-77)94-62-78(112(4,5)6)53-59-100(94)116(99)81-54-57-96-102(67-81)119(110-91(72-36-21-15-22-37-72)65-80(114(10,11)12)66-92(110)73-38-23-16-24-39-73)104-69-82(117-97-48-27-25-43-84(97)85-44-26-28-49-98(85)117)68-103-108(104)115(96)95-56-51-76(83-55-50-75-42-30-46-87-86-45-29-40-74-41-31-47-88(105(74)86)107(83)106(75)87)60-101(95)118(103)109-89(70-32-17-13-18-33-70)63-79(113(7,8)9)64-90(109)71-34-19-14-20-35-71/h13-69H,1-12H3. The van der Waals surface area contributed by atoms with E-state index in [4.69, 9.17) is 0 Å². The van der Waals surface area contributed by atoms with Gasteiger partial charge in [0.05, 0.1) is 39.1 Å². The summed E-state index contributed by atoms with van der Waals surface area (Å²) in [4.78, 5) is 5.53. The Kier molecular flexibility index (Phi) is 16.1. The van der Waals surface area contributed by atoms with Crippen molar-refractivity contribution in [2.75, 3.05) is 9.80 Å². The Bertz CT molecular complexity index is 7310. The van der Waals surface area contributed by atoms with Gasteiger partial charge in [0.15, 0.2) is 0 Å². The number of hydrogen-bond acceptors (Lipinski definition) is 2. The lowest BCUT2D eigenvalue weighted by Crippen LogP contribution is -2.61. The Morgan fingerprint density at radius 3 is 1.04 bits per heavy atom. The molecule has 0 radical (unpaired) electrons. The minimum Gasteiger partial charge on any atom is -0.310 e. The fourth-order valence-corrected chi connectivity index (χ4v) is 20.2. The van der Waals surface area contributed by atoms with E-state index in [0.29, 0.717) is 0 Å². The van der Waals surface area contributed by atoms with Crippen molar-refractivity contribution >= 4 is 144 Å². The molecule has 0 N–H and O–H groups in total. The third-order valence-corrected chi connectivity index (χ3v) is 26.2. The monoisotopic (exact) mass is 1530 g/mol. The molecule has 5 heteroatoms. The first-order valence-corrected chi connectivity index (χ1v) is 42.4. The highest BCUT2D eigenvalue weighted by Gasteiger charge is 2.47. The highest BCUT2D eigenvalue weighted by Crippen LogP contribution is 2.57. The summed E-state index contributed by atoms with van der Waals surface area (Å²) < 4.78 is 5.16. The zero-order chi connectivity index (χ0) is 80.9. The van der Waals surface area contributed by atoms with Gasteiger partial charge in [0, 0.05) is 72.2 Å². The molecule has 22 rings (SSSR count). The topological polar surface area (TPSA) is 16.3 Å². The largest absolute Gasteiger partial charge is 0.310 e. The molecule has 0 spiro atoms. The average molecular weight is 1530 g/mol. The van der Waals surface area contributed by atoms with Crippen LogP contribution >= 0.6 is 0 Å². The third kappa shape index (κ3) is 11.3. The molecule has 2 aromatic heterocycles. The fourth-order valence-electron chi connectivity index (χ4n) is 20.2. The van der Waals surface area contributed by atoms with Crippen molar-refractivity contribution < 1.29 is 0 Å². The van der Waals surface area contributed by atoms with E-state index in [1.165, 1.54) is 120 Å². The molecule has 0 saturated carbocycles. The molecule has 0 bridgehead atoms. The maximum absolute atomic E-state index is 2.77. The van der Waals surface area contributed by atoms with Crippen LogP contribution in [0.4, 0.5) is 34.1 Å². The second-order valence-electron chi connectivity index (χ2n) is 37.6. The van der Waals surface area contributed by atoms with Crippen LogP contribution in [0.1, 0.15) is 105 Å². The van der Waals surface area contributed by atoms with Gasteiger partial charge in [0.1, 0.15) is 0 Å². The summed E-state index contributed by atoms with van der Waals surface area (Å²) in [6.07, 6.45) is 0. The van der Waals surface area contributed by atoms with Crippen LogP contribution in [0.25, 0.3) is 154 Å². The van der Waals surface area contributed by atoms with E-state index in [-0.39, 0.29) is 28.4 Å². The summed E-state index contributed by atoms with van der Waals surface area (Å²) in [6, 6.07) is 134. The first kappa shape index (κ1) is 72.0. The van der Waals surface area contributed by atoms with Crippen LogP contribution in [0.15, 0.2) is 346 Å². The summed E-state index contributed by atoms with van der Waals surface area (Å²) in [5, 5.41) is 15.1. The first-order valence-electron chi connectivity index (χ1n) is 42.4. The van der Waals surface area contributed by atoms with Gasteiger partial charge in [-0.15, -0.1) is 0 Å². The number of para-hydroxylation sites is 2. The Balaban J connectivity index is 0.950. The van der Waals surface area contributed by atoms with E-state index in [1.807, 2.05) is 0 Å². The lowest BCUT2D eigenvalue weighted by atomic mass is 9.33. The van der Waals surface area contributed by atoms with Gasteiger partial charge >= 0.3 is 0 Å². The predicted molar refractivity (Wildman–Crippen MR) is 512 cm³/mol. The van der Waals surface area contributed by atoms with Crippen LogP contribution in [0.3, 0.4) is 0 Å². The SMILES string of the molecule is CC(C)(C)c1cc(-c2ccccc2)c(N2c3cc(-c4ccc5cccc6c7cccc8cccc(c4c56)c87)ccc3B3c4ccc(-n5c6ccc(C(C)(C)C)cc6c6cc(C(C)(C)C)ccc65)cc4N(c4c(-c5ccccc5)cc(C(C)(C)C)cc4-c4ccccc4)c4cc(-n5c6ccccc6c6ccccc65)cc2c43)c(-c2ccccc2)c1. The molecule has 18 aromatic carbocycles. The molecular weight excluding hydrogens is 1440 g/mol. The molecular formula is C114H93BN4. The van der Waals surface area contributed by atoms with Gasteiger partial charge < -0.3 is 18.9 Å². The zero-order valence-electron chi connectivity index (χ0n) is 69.8.